The number of carbonyl (C=O) groups excluding carboxylic acids is 1. The SMILES string of the molecule is COCCCC(=O)Nc1ccc(-c2noc(C(F)(F)F)n2)cc1F. The fourth-order valence-corrected chi connectivity index (χ4v) is 1.80. The van der Waals surface area contributed by atoms with Crippen LogP contribution in [0.15, 0.2) is 22.7 Å². The number of hydrogen-bond acceptors (Lipinski definition) is 5. The lowest BCUT2D eigenvalue weighted by Crippen LogP contribution is -2.13. The third-order valence-electron chi connectivity index (χ3n) is 2.92. The highest BCUT2D eigenvalue weighted by Crippen LogP contribution is 2.30. The molecule has 1 N–H and O–H groups in total. The Hall–Kier alpha value is -2.49. The molecule has 2 aromatic rings. The maximum atomic E-state index is 14.0. The summed E-state index contributed by atoms with van der Waals surface area (Å²) in [6.45, 7) is 0.397. The highest BCUT2D eigenvalue weighted by atomic mass is 19.4. The molecule has 1 aromatic carbocycles. The molecule has 130 valence electrons. The first-order valence-corrected chi connectivity index (χ1v) is 6.81. The predicted octanol–water partition coefficient (Wildman–Crippen LogP) is 3.26. The summed E-state index contributed by atoms with van der Waals surface area (Å²) in [6.07, 6.45) is -4.15. The van der Waals surface area contributed by atoms with Gasteiger partial charge in [-0.1, -0.05) is 5.16 Å². The topological polar surface area (TPSA) is 77.2 Å². The number of rotatable bonds is 6. The van der Waals surface area contributed by atoms with Gasteiger partial charge in [0.05, 0.1) is 5.69 Å². The Kier molecular flexibility index (Phi) is 5.50. The number of methoxy groups -OCH3 is 1. The van der Waals surface area contributed by atoms with Gasteiger partial charge < -0.3 is 14.6 Å². The third-order valence-corrected chi connectivity index (χ3v) is 2.92. The number of hydrogen-bond donors (Lipinski definition) is 1. The molecule has 1 heterocycles. The maximum Gasteiger partial charge on any atom is 0.471 e. The lowest BCUT2D eigenvalue weighted by atomic mass is 10.2. The van der Waals surface area contributed by atoms with Gasteiger partial charge in [0.25, 0.3) is 0 Å². The molecule has 0 aliphatic heterocycles. The minimum atomic E-state index is -4.78. The normalized spacial score (nSPS) is 11.5. The molecule has 1 aromatic heterocycles. The summed E-state index contributed by atoms with van der Waals surface area (Å²) >= 11 is 0. The van der Waals surface area contributed by atoms with Gasteiger partial charge in [-0.05, 0) is 24.6 Å². The van der Waals surface area contributed by atoms with Crippen LogP contribution >= 0.6 is 0 Å². The summed E-state index contributed by atoms with van der Waals surface area (Å²) in [5, 5.41) is 5.52. The zero-order valence-electron chi connectivity index (χ0n) is 12.5. The zero-order chi connectivity index (χ0) is 17.7. The Morgan fingerprint density at radius 1 is 1.38 bits per heavy atom. The molecule has 24 heavy (non-hydrogen) atoms. The van der Waals surface area contributed by atoms with Gasteiger partial charge in [-0.25, -0.2) is 4.39 Å². The molecule has 0 aliphatic rings. The summed E-state index contributed by atoms with van der Waals surface area (Å²) < 4.78 is 60.1. The smallest absolute Gasteiger partial charge is 0.385 e. The van der Waals surface area contributed by atoms with E-state index in [-0.39, 0.29) is 17.7 Å². The molecule has 0 unspecified atom stereocenters. The van der Waals surface area contributed by atoms with E-state index in [1.807, 2.05) is 0 Å². The van der Waals surface area contributed by atoms with E-state index >= 15 is 0 Å². The van der Waals surface area contributed by atoms with Crippen LogP contribution in [0, 0.1) is 5.82 Å². The van der Waals surface area contributed by atoms with E-state index in [0.29, 0.717) is 13.0 Å². The first-order chi connectivity index (χ1) is 11.3. The van der Waals surface area contributed by atoms with Gasteiger partial charge in [0.2, 0.25) is 11.7 Å². The van der Waals surface area contributed by atoms with Crippen LogP contribution in [0.5, 0.6) is 0 Å². The summed E-state index contributed by atoms with van der Waals surface area (Å²) in [5.41, 5.74) is -0.107. The van der Waals surface area contributed by atoms with Crippen molar-refractivity contribution < 1.29 is 31.6 Å². The van der Waals surface area contributed by atoms with Crippen LogP contribution in [-0.2, 0) is 15.7 Å². The van der Waals surface area contributed by atoms with E-state index in [2.05, 4.69) is 20.0 Å². The average Bonchev–Trinajstić information content (AvgIpc) is 2.99. The number of amides is 1. The fraction of sp³-hybridized carbons (Fsp3) is 0.357. The zero-order valence-corrected chi connectivity index (χ0v) is 12.5. The number of carbonyl (C=O) groups is 1. The van der Waals surface area contributed by atoms with E-state index in [4.69, 9.17) is 4.74 Å². The van der Waals surface area contributed by atoms with Gasteiger partial charge in [0.15, 0.2) is 0 Å². The van der Waals surface area contributed by atoms with Crippen LogP contribution in [-0.4, -0.2) is 29.8 Å². The number of anilines is 1. The number of halogens is 4. The number of nitrogens with zero attached hydrogens (tertiary/aromatic N) is 2. The second-order valence-electron chi connectivity index (χ2n) is 4.76. The largest absolute Gasteiger partial charge is 0.471 e. The summed E-state index contributed by atoms with van der Waals surface area (Å²) in [7, 11) is 1.50. The number of nitrogens with one attached hydrogen (secondary N) is 1. The Balaban J connectivity index is 2.09. The van der Waals surface area contributed by atoms with Crippen LogP contribution in [0.25, 0.3) is 11.4 Å². The lowest BCUT2D eigenvalue weighted by molar-refractivity contribution is -0.159. The molecule has 0 spiro atoms. The van der Waals surface area contributed by atoms with E-state index in [9.17, 15) is 22.4 Å². The first kappa shape index (κ1) is 17.9. The Labute approximate surface area is 133 Å². The Morgan fingerprint density at radius 3 is 2.71 bits per heavy atom. The fourth-order valence-electron chi connectivity index (χ4n) is 1.80. The van der Waals surface area contributed by atoms with Crippen LogP contribution in [0.2, 0.25) is 0 Å². The molecule has 10 heteroatoms. The lowest BCUT2D eigenvalue weighted by Gasteiger charge is -2.07. The molecule has 6 nitrogen and oxygen atoms in total. The van der Waals surface area contributed by atoms with Crippen LogP contribution < -0.4 is 5.32 Å². The third kappa shape index (κ3) is 4.51. The highest BCUT2D eigenvalue weighted by molar-refractivity contribution is 5.91. The standard InChI is InChI=1S/C14H13F4N3O3/c1-23-6-2-3-11(22)19-10-5-4-8(7-9(10)15)12-20-13(24-21-12)14(16,17)18/h4-5,7H,2-3,6H2,1H3,(H,19,22). The molecule has 0 saturated carbocycles. The van der Waals surface area contributed by atoms with Crippen LogP contribution in [0.3, 0.4) is 0 Å². The van der Waals surface area contributed by atoms with Crippen molar-refractivity contribution in [3.63, 3.8) is 0 Å². The van der Waals surface area contributed by atoms with Gasteiger partial charge in [-0.2, -0.15) is 18.2 Å². The minimum absolute atomic E-state index is 0.0101. The van der Waals surface area contributed by atoms with E-state index in [0.717, 1.165) is 6.07 Å². The minimum Gasteiger partial charge on any atom is -0.385 e. The number of benzene rings is 1. The summed E-state index contributed by atoms with van der Waals surface area (Å²) in [6, 6.07) is 3.40. The number of ether oxygens (including phenoxy) is 1. The monoisotopic (exact) mass is 347 g/mol. The highest BCUT2D eigenvalue weighted by Gasteiger charge is 2.38. The summed E-state index contributed by atoms with van der Waals surface area (Å²) in [5.74, 6) is -3.16. The molecule has 2 rings (SSSR count). The number of alkyl halides is 3. The molecular weight excluding hydrogens is 334 g/mol. The van der Waals surface area contributed by atoms with Crippen molar-refractivity contribution in [1.82, 2.24) is 10.1 Å². The van der Waals surface area contributed by atoms with Crippen molar-refractivity contribution in [1.29, 1.82) is 0 Å². The first-order valence-electron chi connectivity index (χ1n) is 6.81. The van der Waals surface area contributed by atoms with E-state index in [1.165, 1.54) is 19.2 Å². The van der Waals surface area contributed by atoms with Gasteiger partial charge >= 0.3 is 12.1 Å². The van der Waals surface area contributed by atoms with E-state index < -0.39 is 29.6 Å². The molecule has 0 aliphatic carbocycles. The van der Waals surface area contributed by atoms with Crippen molar-refractivity contribution in [2.24, 2.45) is 0 Å². The van der Waals surface area contributed by atoms with Gasteiger partial charge in [-0.15, -0.1) is 0 Å². The second kappa shape index (κ2) is 7.39. The molecule has 0 saturated heterocycles. The quantitative estimate of drug-likeness (QED) is 0.641. The molecule has 0 bridgehead atoms. The summed E-state index contributed by atoms with van der Waals surface area (Å²) in [4.78, 5) is 14.8. The predicted molar refractivity (Wildman–Crippen MR) is 74.4 cm³/mol. The molecular formula is C14H13F4N3O3. The van der Waals surface area contributed by atoms with Crippen LogP contribution in [0.1, 0.15) is 18.7 Å². The molecule has 1 amide bonds. The average molecular weight is 347 g/mol. The maximum absolute atomic E-state index is 14.0. The molecule has 0 fully saturated rings. The Bertz CT molecular complexity index is 716. The van der Waals surface area contributed by atoms with Crippen molar-refractivity contribution in [2.45, 2.75) is 19.0 Å². The van der Waals surface area contributed by atoms with Gasteiger partial charge in [0.1, 0.15) is 5.82 Å². The van der Waals surface area contributed by atoms with E-state index in [1.54, 1.807) is 0 Å². The van der Waals surface area contributed by atoms with Crippen molar-refractivity contribution >= 4 is 11.6 Å². The van der Waals surface area contributed by atoms with Crippen molar-refractivity contribution in [2.75, 3.05) is 19.0 Å². The van der Waals surface area contributed by atoms with Crippen molar-refractivity contribution in [3.8, 4) is 11.4 Å². The van der Waals surface area contributed by atoms with Gasteiger partial charge in [-0.3, -0.25) is 4.79 Å². The van der Waals surface area contributed by atoms with Crippen LogP contribution in [0.4, 0.5) is 23.2 Å². The second-order valence-corrected chi connectivity index (χ2v) is 4.76. The number of aromatic nitrogens is 2. The molecule has 0 radical (unpaired) electrons. The molecule has 0 atom stereocenters. The van der Waals surface area contributed by atoms with Crippen molar-refractivity contribution in [3.05, 3.63) is 29.9 Å². The Morgan fingerprint density at radius 2 is 2.12 bits per heavy atom. The van der Waals surface area contributed by atoms with Gasteiger partial charge in [0, 0.05) is 25.7 Å².